The number of benzene rings is 5. The van der Waals surface area contributed by atoms with Gasteiger partial charge in [-0.1, -0.05) is 66.7 Å². The highest BCUT2D eigenvalue weighted by Crippen LogP contribution is 2.45. The Morgan fingerprint density at radius 1 is 0.780 bits per heavy atom. The second-order valence-corrected chi connectivity index (χ2v) is 12.0. The summed E-state index contributed by atoms with van der Waals surface area (Å²) in [6, 6.07) is 35.1. The number of nitrogens with two attached hydrogens (primary N) is 1. The van der Waals surface area contributed by atoms with Crippen LogP contribution in [0.15, 0.2) is 108 Å². The van der Waals surface area contributed by atoms with Crippen LogP contribution in [0, 0.1) is 0 Å². The van der Waals surface area contributed by atoms with Crippen LogP contribution in [0.25, 0.3) is 75.9 Å². The minimum Gasteiger partial charge on any atom is -0.456 e. The summed E-state index contributed by atoms with van der Waals surface area (Å²) in [5.74, 6) is 0. The molecule has 41 heavy (non-hydrogen) atoms. The van der Waals surface area contributed by atoms with E-state index in [0.717, 1.165) is 40.3 Å². The Hall–Kier alpha value is -4.64. The van der Waals surface area contributed by atoms with Gasteiger partial charge in [-0.2, -0.15) is 0 Å². The Morgan fingerprint density at radius 3 is 2.61 bits per heavy atom. The van der Waals surface area contributed by atoms with Gasteiger partial charge in [0.15, 0.2) is 0 Å². The first-order valence-electron chi connectivity index (χ1n) is 14.2. The number of para-hydroxylation sites is 1. The molecule has 0 saturated heterocycles. The normalized spacial score (nSPS) is 13.3. The van der Waals surface area contributed by atoms with Gasteiger partial charge in [0.2, 0.25) is 0 Å². The van der Waals surface area contributed by atoms with Crippen molar-refractivity contribution in [3.63, 3.8) is 0 Å². The van der Waals surface area contributed by atoms with Crippen LogP contribution in [0.1, 0.15) is 23.2 Å². The zero-order valence-corrected chi connectivity index (χ0v) is 23.2. The molecule has 196 valence electrons. The van der Waals surface area contributed by atoms with E-state index in [-0.39, 0.29) is 0 Å². The monoisotopic (exact) mass is 546 g/mol. The summed E-state index contributed by atoms with van der Waals surface area (Å²) in [6.45, 7) is 0.483. The summed E-state index contributed by atoms with van der Waals surface area (Å²) in [4.78, 5) is 0. The van der Waals surface area contributed by atoms with Crippen molar-refractivity contribution in [2.24, 2.45) is 5.73 Å². The van der Waals surface area contributed by atoms with Crippen LogP contribution in [0.2, 0.25) is 0 Å². The minimum atomic E-state index is 0.483. The Morgan fingerprint density at radius 2 is 1.66 bits per heavy atom. The van der Waals surface area contributed by atoms with E-state index in [2.05, 4.69) is 102 Å². The molecule has 3 aromatic heterocycles. The minimum absolute atomic E-state index is 0.483. The molecule has 0 aliphatic heterocycles. The average molecular weight is 547 g/mol. The number of nitrogens with zero attached hydrogens (tertiary/aromatic N) is 1. The molecule has 3 heterocycles. The van der Waals surface area contributed by atoms with Gasteiger partial charge in [0.1, 0.15) is 11.2 Å². The van der Waals surface area contributed by atoms with E-state index < -0.39 is 0 Å². The van der Waals surface area contributed by atoms with E-state index in [1.54, 1.807) is 0 Å². The fourth-order valence-electron chi connectivity index (χ4n) is 6.93. The third kappa shape index (κ3) is 3.23. The largest absolute Gasteiger partial charge is 0.456 e. The van der Waals surface area contributed by atoms with Crippen molar-refractivity contribution >= 4 is 70.4 Å². The second kappa shape index (κ2) is 8.68. The van der Waals surface area contributed by atoms with Gasteiger partial charge in [0.25, 0.3) is 0 Å². The summed E-state index contributed by atoms with van der Waals surface area (Å²) < 4.78 is 11.3. The summed E-state index contributed by atoms with van der Waals surface area (Å²) in [5, 5.41) is 6.20. The Labute approximate surface area is 240 Å². The van der Waals surface area contributed by atoms with Gasteiger partial charge in [-0.3, -0.25) is 0 Å². The summed E-state index contributed by atoms with van der Waals surface area (Å²) in [5.41, 5.74) is 16.8. The molecular formula is C37H26N2OS. The Bertz CT molecular complexity index is 2360. The molecule has 0 bridgehead atoms. The van der Waals surface area contributed by atoms with E-state index in [0.29, 0.717) is 6.54 Å². The second-order valence-electron chi connectivity index (χ2n) is 10.9. The van der Waals surface area contributed by atoms with Crippen molar-refractivity contribution in [3.05, 3.63) is 120 Å². The van der Waals surface area contributed by atoms with Gasteiger partial charge in [-0.05, 0) is 77.6 Å². The molecule has 5 aromatic carbocycles. The Balaban J connectivity index is 1.32. The summed E-state index contributed by atoms with van der Waals surface area (Å²) >= 11 is 1.89. The molecule has 0 unspecified atom stereocenters. The molecule has 0 saturated carbocycles. The van der Waals surface area contributed by atoms with Crippen molar-refractivity contribution in [2.75, 3.05) is 0 Å². The zero-order valence-electron chi connectivity index (χ0n) is 22.4. The lowest BCUT2D eigenvalue weighted by molar-refractivity contribution is 0.668. The molecule has 0 fully saturated rings. The van der Waals surface area contributed by atoms with E-state index in [9.17, 15) is 0 Å². The van der Waals surface area contributed by atoms with Crippen LogP contribution in [-0.2, 0) is 13.0 Å². The first-order valence-corrected chi connectivity index (χ1v) is 15.0. The Kier molecular flexibility index (Phi) is 4.89. The van der Waals surface area contributed by atoms with Gasteiger partial charge in [-0.25, -0.2) is 0 Å². The maximum atomic E-state index is 6.20. The molecular weight excluding hydrogens is 520 g/mol. The lowest BCUT2D eigenvalue weighted by atomic mass is 9.97. The number of rotatable bonds is 3. The number of allylic oxidation sites excluding steroid dienone is 1. The lowest BCUT2D eigenvalue weighted by Crippen LogP contribution is -2.00. The van der Waals surface area contributed by atoms with Gasteiger partial charge >= 0.3 is 0 Å². The van der Waals surface area contributed by atoms with Crippen molar-refractivity contribution in [3.8, 4) is 16.8 Å². The van der Waals surface area contributed by atoms with Crippen LogP contribution in [0.4, 0.5) is 0 Å². The fourth-order valence-corrected chi connectivity index (χ4v) is 8.17. The van der Waals surface area contributed by atoms with Crippen LogP contribution < -0.4 is 5.73 Å². The van der Waals surface area contributed by atoms with E-state index in [1.807, 2.05) is 23.5 Å². The third-order valence-electron chi connectivity index (χ3n) is 8.71. The van der Waals surface area contributed by atoms with Crippen molar-refractivity contribution in [1.82, 2.24) is 4.57 Å². The molecule has 0 amide bonds. The highest BCUT2D eigenvalue weighted by atomic mass is 32.1. The van der Waals surface area contributed by atoms with Gasteiger partial charge in [-0.15, -0.1) is 11.3 Å². The molecule has 9 rings (SSSR count). The number of furan rings is 1. The molecule has 0 atom stereocenters. The van der Waals surface area contributed by atoms with E-state index in [1.165, 1.54) is 59.1 Å². The number of aromatic nitrogens is 1. The highest BCUT2D eigenvalue weighted by Gasteiger charge is 2.21. The first-order chi connectivity index (χ1) is 20.3. The van der Waals surface area contributed by atoms with Crippen LogP contribution >= 0.6 is 11.3 Å². The van der Waals surface area contributed by atoms with Crippen molar-refractivity contribution in [1.29, 1.82) is 0 Å². The first kappa shape index (κ1) is 23.1. The number of hydrogen-bond acceptors (Lipinski definition) is 3. The zero-order chi connectivity index (χ0) is 27.1. The van der Waals surface area contributed by atoms with Gasteiger partial charge in [0.05, 0.1) is 15.9 Å². The molecule has 0 spiro atoms. The molecule has 4 heteroatoms. The number of thiophene rings is 1. The van der Waals surface area contributed by atoms with Crippen LogP contribution in [-0.4, -0.2) is 4.57 Å². The lowest BCUT2D eigenvalue weighted by Gasteiger charge is -2.13. The smallest absolute Gasteiger partial charge is 0.135 e. The number of hydrogen-bond donors (Lipinski definition) is 1. The standard InChI is InChI=1S/C37H26N2OS/c38-21-23-8-5-16-33-35(23)28-20-22(18-19-32(28)40-33)24-11-7-17-34-36(24)27-12-6-15-31(37(27)41-34)39-29-13-3-1-9-25(29)26-10-2-4-14-30(26)39/h1,3-9,11-20H,2,10,21,38H2. The highest BCUT2D eigenvalue weighted by molar-refractivity contribution is 7.26. The van der Waals surface area contributed by atoms with Gasteiger partial charge < -0.3 is 14.7 Å². The van der Waals surface area contributed by atoms with E-state index >= 15 is 0 Å². The molecule has 1 aliphatic carbocycles. The van der Waals surface area contributed by atoms with E-state index in [4.69, 9.17) is 10.2 Å². The summed E-state index contributed by atoms with van der Waals surface area (Å²) in [7, 11) is 0. The van der Waals surface area contributed by atoms with Crippen LogP contribution in [0.3, 0.4) is 0 Å². The molecule has 3 nitrogen and oxygen atoms in total. The third-order valence-corrected chi connectivity index (χ3v) is 9.91. The van der Waals surface area contributed by atoms with Crippen molar-refractivity contribution in [2.45, 2.75) is 19.4 Å². The number of fused-ring (bicyclic) bond motifs is 9. The molecule has 1 aliphatic rings. The maximum Gasteiger partial charge on any atom is 0.135 e. The predicted molar refractivity (Wildman–Crippen MR) is 174 cm³/mol. The quantitative estimate of drug-likeness (QED) is 0.240. The van der Waals surface area contributed by atoms with Gasteiger partial charge in [0, 0.05) is 43.9 Å². The molecule has 8 aromatic rings. The predicted octanol–water partition coefficient (Wildman–Crippen LogP) is 9.98. The summed E-state index contributed by atoms with van der Waals surface area (Å²) in [6.07, 6.45) is 6.81. The average Bonchev–Trinajstić information content (AvgIpc) is 3.70. The van der Waals surface area contributed by atoms with Crippen molar-refractivity contribution < 1.29 is 4.42 Å². The topological polar surface area (TPSA) is 44.1 Å². The molecule has 0 radical (unpaired) electrons. The fraction of sp³-hybridized carbons (Fsp3) is 0.0811. The maximum absolute atomic E-state index is 6.20. The molecule has 2 N–H and O–H groups in total. The SMILES string of the molecule is NCc1cccc2oc3ccc(-c4cccc5sc6c(-n7c8c(c9ccccc97)CCC=C8)cccc6c45)cc3c12. The van der Waals surface area contributed by atoms with Crippen LogP contribution in [0.5, 0.6) is 0 Å². The number of aryl methyl sites for hydroxylation is 1.